The fourth-order valence-corrected chi connectivity index (χ4v) is 9.38. The van der Waals surface area contributed by atoms with Gasteiger partial charge in [-0.15, -0.1) is 15.3 Å². The van der Waals surface area contributed by atoms with Crippen molar-refractivity contribution in [1.29, 1.82) is 0 Å². The fourth-order valence-electron chi connectivity index (χ4n) is 8.93. The summed E-state index contributed by atoms with van der Waals surface area (Å²) in [6.45, 7) is 0. The van der Waals surface area contributed by atoms with Gasteiger partial charge in [-0.3, -0.25) is 9.97 Å². The molecule has 0 saturated heterocycles. The first-order valence-electron chi connectivity index (χ1n) is 20.6. The molecule has 0 amide bonds. The molecule has 0 atom stereocenters. The molecule has 12 heteroatoms. The number of hydrogen-bond acceptors (Lipinski definition) is 11. The summed E-state index contributed by atoms with van der Waals surface area (Å²) >= 11 is 1.28. The van der Waals surface area contributed by atoms with Crippen LogP contribution in [0.4, 0.5) is 0 Å². The highest BCUT2D eigenvalue weighted by atomic mass is 32.1. The quantitative estimate of drug-likeness (QED) is 0.172. The first kappa shape index (κ1) is 36.0. The van der Waals surface area contributed by atoms with Crippen molar-refractivity contribution < 1.29 is 0 Å². The van der Waals surface area contributed by atoms with E-state index in [2.05, 4.69) is 51.9 Å². The van der Waals surface area contributed by atoms with E-state index in [1.807, 2.05) is 121 Å². The third-order valence-electron chi connectivity index (χ3n) is 11.8. The Balaban J connectivity index is 1.31. The van der Waals surface area contributed by atoms with E-state index in [9.17, 15) is 0 Å². The van der Waals surface area contributed by atoms with Crippen LogP contribution in [0, 0.1) is 0 Å². The van der Waals surface area contributed by atoms with Crippen LogP contribution in [0.25, 0.3) is 133 Å². The van der Waals surface area contributed by atoms with E-state index >= 15 is 0 Å². The van der Waals surface area contributed by atoms with Gasteiger partial charge in [0.2, 0.25) is 0 Å². The Morgan fingerprint density at radius 2 is 1.14 bits per heavy atom. The second-order valence-corrected chi connectivity index (χ2v) is 16.1. The summed E-state index contributed by atoms with van der Waals surface area (Å²) < 4.78 is 4.44. The molecule has 6 aromatic carbocycles. The van der Waals surface area contributed by atoms with Gasteiger partial charge in [-0.1, -0.05) is 102 Å². The number of pyridine rings is 2. The Labute approximate surface area is 367 Å². The van der Waals surface area contributed by atoms with Crippen molar-refractivity contribution in [3.63, 3.8) is 0 Å². The molecule has 0 aliphatic rings. The van der Waals surface area contributed by atoms with Gasteiger partial charge in [0.1, 0.15) is 11.4 Å². The Kier molecular flexibility index (Phi) is 8.11. The van der Waals surface area contributed by atoms with Crippen molar-refractivity contribution >= 4 is 77.0 Å². The van der Waals surface area contributed by atoms with Gasteiger partial charge in [0.25, 0.3) is 0 Å². The lowest BCUT2D eigenvalue weighted by Crippen LogP contribution is -2.02. The second-order valence-electron chi connectivity index (χ2n) is 15.5. The summed E-state index contributed by atoms with van der Waals surface area (Å²) in [5, 5.41) is 22.3. The van der Waals surface area contributed by atoms with Crippen molar-refractivity contribution in [2.24, 2.45) is 0 Å². The predicted octanol–water partition coefficient (Wildman–Crippen LogP) is 11.9. The highest BCUT2D eigenvalue weighted by Crippen LogP contribution is 2.54. The van der Waals surface area contributed by atoms with Crippen LogP contribution < -0.4 is 0 Å². The molecule has 0 aliphatic carbocycles. The summed E-state index contributed by atoms with van der Waals surface area (Å²) in [4.78, 5) is 35.2. The van der Waals surface area contributed by atoms with Crippen LogP contribution in [-0.2, 0) is 0 Å². The third kappa shape index (κ3) is 5.73. The zero-order valence-electron chi connectivity index (χ0n) is 33.5. The van der Waals surface area contributed by atoms with Gasteiger partial charge in [0.05, 0.1) is 67.6 Å². The first-order valence-corrected chi connectivity index (χ1v) is 21.5. The predicted molar refractivity (Wildman–Crippen MR) is 254 cm³/mol. The van der Waals surface area contributed by atoms with E-state index in [1.165, 1.54) is 11.5 Å². The minimum absolute atomic E-state index is 0.487. The summed E-state index contributed by atoms with van der Waals surface area (Å²) in [6, 6.07) is 48.6. The number of aromatic nitrogens is 11. The van der Waals surface area contributed by atoms with Gasteiger partial charge >= 0.3 is 0 Å². The molecular weight excluding hydrogens is 811 g/mol. The zero-order chi connectivity index (χ0) is 42.1. The highest BCUT2D eigenvalue weighted by molar-refractivity contribution is 7.03. The zero-order valence-corrected chi connectivity index (χ0v) is 34.4. The Morgan fingerprint density at radius 3 is 1.98 bits per heavy atom. The molecule has 0 unspecified atom stereocenters. The molecule has 0 radical (unpaired) electrons. The number of nitrogens with zero attached hydrogens (tertiary/aromatic N) is 10. The SMILES string of the molecule is c1ccc2nnc(-c3c(-c4nccc5ccccc45)c(-c4ccc5ccccc5n4)c(-c4csnn4)c4[nH]c(-c5cnc6ccccc6n5)c(-c5ncc6ccccc6n5)c34)cc2c1. The van der Waals surface area contributed by atoms with Crippen LogP contribution >= 0.6 is 11.5 Å². The Morgan fingerprint density at radius 1 is 0.422 bits per heavy atom. The highest BCUT2D eigenvalue weighted by Gasteiger charge is 2.33. The average molecular weight is 840 g/mol. The lowest BCUT2D eigenvalue weighted by atomic mass is 9.83. The molecule has 0 saturated carbocycles. The van der Waals surface area contributed by atoms with Crippen LogP contribution in [0.2, 0.25) is 0 Å². The van der Waals surface area contributed by atoms with E-state index in [1.54, 1.807) is 6.20 Å². The van der Waals surface area contributed by atoms with Crippen LogP contribution in [-0.4, -0.2) is 54.7 Å². The number of H-pyrrole nitrogens is 1. The molecular formula is C52H29N11S. The lowest BCUT2D eigenvalue weighted by molar-refractivity contribution is 1.08. The maximum atomic E-state index is 5.42. The van der Waals surface area contributed by atoms with Crippen molar-refractivity contribution in [3.8, 4) is 67.8 Å². The van der Waals surface area contributed by atoms with Crippen molar-refractivity contribution in [3.05, 3.63) is 170 Å². The van der Waals surface area contributed by atoms with Crippen LogP contribution in [0.5, 0.6) is 0 Å². The smallest absolute Gasteiger partial charge is 0.162 e. The maximum Gasteiger partial charge on any atom is 0.162 e. The normalized spacial score (nSPS) is 11.8. The maximum absolute atomic E-state index is 5.42. The summed E-state index contributed by atoms with van der Waals surface area (Å²) in [5.41, 5.74) is 12.5. The lowest BCUT2D eigenvalue weighted by Gasteiger charge is -2.21. The van der Waals surface area contributed by atoms with E-state index in [0.717, 1.165) is 93.4 Å². The van der Waals surface area contributed by atoms with Gasteiger partial charge in [-0.05, 0) is 65.4 Å². The average Bonchev–Trinajstić information content (AvgIpc) is 4.04. The molecule has 7 aromatic heterocycles. The molecule has 0 bridgehead atoms. The van der Waals surface area contributed by atoms with E-state index < -0.39 is 0 Å². The van der Waals surface area contributed by atoms with Crippen LogP contribution in [0.1, 0.15) is 0 Å². The molecule has 0 spiro atoms. The summed E-state index contributed by atoms with van der Waals surface area (Å²) in [7, 11) is 0. The van der Waals surface area contributed by atoms with Crippen molar-refractivity contribution in [1.82, 2.24) is 54.7 Å². The monoisotopic (exact) mass is 839 g/mol. The molecule has 13 aromatic rings. The Bertz CT molecular complexity index is 3990. The van der Waals surface area contributed by atoms with Crippen molar-refractivity contribution in [2.75, 3.05) is 0 Å². The number of para-hydroxylation sites is 4. The molecule has 298 valence electrons. The largest absolute Gasteiger partial charge is 0.352 e. The molecule has 11 nitrogen and oxygen atoms in total. The summed E-state index contributed by atoms with van der Waals surface area (Å²) in [6.07, 6.45) is 5.53. The standard InChI is InChI=1S/C52H29N11S/c1-5-15-33-29(11-1)23-24-53-49(33)46-43(39-22-21-30-12-2-6-16-34(30)56-39)45(42-28-64-63-62-42)51-47(44(46)40-25-31-13-3-8-18-36(31)60-61-40)48(52-55-26-32-14-4-7-17-35(32)58-52)50(59-51)41-27-54-37-19-9-10-20-38(37)57-41/h1-28,59H. The van der Waals surface area contributed by atoms with Crippen LogP contribution in [0.15, 0.2) is 170 Å². The van der Waals surface area contributed by atoms with Gasteiger partial charge in [-0.25, -0.2) is 19.9 Å². The Hall–Kier alpha value is -8.74. The topological polar surface area (TPSA) is 145 Å². The number of rotatable bonds is 6. The molecule has 0 fully saturated rings. The molecule has 1 N–H and O–H groups in total. The minimum Gasteiger partial charge on any atom is -0.352 e. The molecule has 7 heterocycles. The first-order chi connectivity index (χ1) is 31.7. The second kappa shape index (κ2) is 14.4. The molecule has 0 aliphatic heterocycles. The van der Waals surface area contributed by atoms with E-state index in [0.29, 0.717) is 39.9 Å². The number of fused-ring (bicyclic) bond motifs is 6. The number of nitrogens with one attached hydrogen (secondary N) is 1. The van der Waals surface area contributed by atoms with Crippen LogP contribution in [0.3, 0.4) is 0 Å². The van der Waals surface area contributed by atoms with Crippen molar-refractivity contribution in [2.45, 2.75) is 0 Å². The van der Waals surface area contributed by atoms with E-state index in [-0.39, 0.29) is 0 Å². The van der Waals surface area contributed by atoms with Gasteiger partial charge < -0.3 is 4.98 Å². The molecule has 13 rings (SSSR count). The number of benzene rings is 6. The van der Waals surface area contributed by atoms with E-state index in [4.69, 9.17) is 45.2 Å². The van der Waals surface area contributed by atoms with Gasteiger partial charge in [-0.2, -0.15) is 0 Å². The molecule has 64 heavy (non-hydrogen) atoms. The fraction of sp³-hybridized carbons (Fsp3) is 0. The van der Waals surface area contributed by atoms with Gasteiger partial charge in [0, 0.05) is 67.0 Å². The third-order valence-corrected chi connectivity index (χ3v) is 12.3. The minimum atomic E-state index is 0.487. The number of hydrogen-bond donors (Lipinski definition) is 1. The van der Waals surface area contributed by atoms with Gasteiger partial charge in [0.15, 0.2) is 5.82 Å². The number of aromatic amines is 1. The summed E-state index contributed by atoms with van der Waals surface area (Å²) in [5.74, 6) is 0.487.